The molecule has 0 aliphatic heterocycles. The van der Waals surface area contributed by atoms with Gasteiger partial charge in [-0.05, 0) is 54.3 Å². The fourth-order valence-electron chi connectivity index (χ4n) is 3.98. The molecule has 2 N–H and O–H groups in total. The van der Waals surface area contributed by atoms with Crippen LogP contribution in [0.25, 0.3) is 22.5 Å². The summed E-state index contributed by atoms with van der Waals surface area (Å²) in [5.41, 5.74) is 3.13. The molecule has 0 saturated carbocycles. The number of nitrogens with one attached hydrogen (secondary N) is 1. The third-order valence-corrected chi connectivity index (χ3v) is 6.07. The van der Waals surface area contributed by atoms with Crippen molar-refractivity contribution in [2.24, 2.45) is 5.41 Å². The molecule has 0 fully saturated rings. The van der Waals surface area contributed by atoms with Crippen LogP contribution in [0.3, 0.4) is 0 Å². The second-order valence-corrected chi connectivity index (χ2v) is 10.0. The second-order valence-electron chi connectivity index (χ2n) is 10.0. The van der Waals surface area contributed by atoms with Crippen LogP contribution in [-0.2, 0) is 40.6 Å². The Bertz CT molecular complexity index is 1420. The molecule has 2 aromatic carbocycles. The van der Waals surface area contributed by atoms with Gasteiger partial charge in [-0.3, -0.25) is 9.36 Å². The van der Waals surface area contributed by atoms with Gasteiger partial charge in [-0.15, -0.1) is 5.10 Å². The molecule has 0 unspecified atom stereocenters. The molecule has 2 heterocycles. The van der Waals surface area contributed by atoms with Gasteiger partial charge in [-0.2, -0.15) is 0 Å². The van der Waals surface area contributed by atoms with Crippen LogP contribution in [0, 0.1) is 5.41 Å². The maximum Gasteiger partial charge on any atom is 0.359 e. The molecule has 2 aromatic heterocycles. The number of rotatable bonds is 10. The average molecular weight is 533 g/mol. The predicted molar refractivity (Wildman–Crippen MR) is 142 cm³/mol. The van der Waals surface area contributed by atoms with E-state index in [1.165, 1.54) is 0 Å². The zero-order valence-electron chi connectivity index (χ0n) is 22.5. The topological polar surface area (TPSA) is 145 Å². The van der Waals surface area contributed by atoms with E-state index in [0.717, 1.165) is 28.7 Å². The second kappa shape index (κ2) is 12.0. The molecular weight excluding hydrogens is 500 g/mol. The van der Waals surface area contributed by atoms with E-state index in [4.69, 9.17) is 9.47 Å². The largest absolute Gasteiger partial charge is 0.456 e. The predicted octanol–water partition coefficient (Wildman–Crippen LogP) is 4.08. The number of hydrogen-bond donors (Lipinski definition) is 2. The number of benzene rings is 2. The highest BCUT2D eigenvalue weighted by Gasteiger charge is 2.26. The van der Waals surface area contributed by atoms with Crippen molar-refractivity contribution in [2.75, 3.05) is 0 Å². The molecule has 0 aliphatic rings. The first-order chi connectivity index (χ1) is 18.7. The zero-order valence-corrected chi connectivity index (χ0v) is 22.5. The van der Waals surface area contributed by atoms with Crippen LogP contribution in [0.1, 0.15) is 61.7 Å². The highest BCUT2D eigenvalue weighted by atomic mass is 16.5. The summed E-state index contributed by atoms with van der Waals surface area (Å²) in [5, 5.41) is 24.2. The number of H-pyrrole nitrogens is 1. The van der Waals surface area contributed by atoms with Crippen LogP contribution in [0.5, 0.6) is 0 Å². The van der Waals surface area contributed by atoms with Crippen molar-refractivity contribution in [1.82, 2.24) is 30.2 Å². The summed E-state index contributed by atoms with van der Waals surface area (Å²) in [4.78, 5) is 29.7. The van der Waals surface area contributed by atoms with Crippen molar-refractivity contribution in [3.8, 4) is 22.5 Å². The monoisotopic (exact) mass is 532 g/mol. The van der Waals surface area contributed by atoms with E-state index in [2.05, 4.69) is 25.6 Å². The third kappa shape index (κ3) is 6.37. The summed E-state index contributed by atoms with van der Waals surface area (Å²) < 4.78 is 12.5. The van der Waals surface area contributed by atoms with Gasteiger partial charge < -0.3 is 14.6 Å². The summed E-state index contributed by atoms with van der Waals surface area (Å²) in [7, 11) is 0. The zero-order chi connectivity index (χ0) is 28.0. The van der Waals surface area contributed by atoms with Crippen molar-refractivity contribution in [2.45, 2.75) is 60.5 Å². The normalized spacial score (nSPS) is 11.4. The molecule has 0 radical (unpaired) electrons. The van der Waals surface area contributed by atoms with E-state index in [0.29, 0.717) is 18.1 Å². The van der Waals surface area contributed by atoms with Crippen molar-refractivity contribution >= 4 is 11.9 Å². The number of hydrogen-bond acceptors (Lipinski definition) is 9. The Kier molecular flexibility index (Phi) is 8.50. The van der Waals surface area contributed by atoms with E-state index < -0.39 is 24.0 Å². The molecule has 0 spiro atoms. The molecule has 0 aliphatic carbocycles. The Hall–Kier alpha value is -4.38. The smallest absolute Gasteiger partial charge is 0.359 e. The average Bonchev–Trinajstić information content (AvgIpc) is 3.59. The van der Waals surface area contributed by atoms with Gasteiger partial charge in [0.05, 0.1) is 17.7 Å². The summed E-state index contributed by atoms with van der Waals surface area (Å²) >= 11 is 0. The van der Waals surface area contributed by atoms with Gasteiger partial charge >= 0.3 is 11.9 Å². The minimum atomic E-state index is -0.683. The highest BCUT2D eigenvalue weighted by molar-refractivity contribution is 5.88. The van der Waals surface area contributed by atoms with Crippen molar-refractivity contribution < 1.29 is 24.2 Å². The molecule has 11 nitrogen and oxygen atoms in total. The number of aliphatic hydroxyl groups excluding tert-OH is 1. The van der Waals surface area contributed by atoms with Crippen LogP contribution in [0.4, 0.5) is 0 Å². The summed E-state index contributed by atoms with van der Waals surface area (Å²) in [6.07, 6.45) is 1.30. The van der Waals surface area contributed by atoms with E-state index in [1.54, 1.807) is 25.3 Å². The lowest BCUT2D eigenvalue weighted by atomic mass is 9.98. The molecule has 0 amide bonds. The lowest BCUT2D eigenvalue weighted by Gasteiger charge is -2.18. The van der Waals surface area contributed by atoms with E-state index >= 15 is 0 Å². The third-order valence-electron chi connectivity index (χ3n) is 6.07. The van der Waals surface area contributed by atoms with Crippen LogP contribution < -0.4 is 0 Å². The number of aromatic amines is 1. The highest BCUT2D eigenvalue weighted by Crippen LogP contribution is 2.30. The Labute approximate surface area is 226 Å². The van der Waals surface area contributed by atoms with E-state index in [-0.39, 0.29) is 24.7 Å². The van der Waals surface area contributed by atoms with Gasteiger partial charge in [0, 0.05) is 12.0 Å². The number of carbonyl (C=O) groups is 2. The lowest BCUT2D eigenvalue weighted by molar-refractivity contribution is -0.157. The number of nitrogens with zero attached hydrogens (tertiary/aromatic N) is 5. The molecule has 11 heteroatoms. The first kappa shape index (κ1) is 27.6. The van der Waals surface area contributed by atoms with Gasteiger partial charge in [0.15, 0.2) is 18.2 Å². The van der Waals surface area contributed by atoms with Gasteiger partial charge in [0.1, 0.15) is 12.4 Å². The Morgan fingerprint density at radius 1 is 1.03 bits per heavy atom. The Balaban J connectivity index is 1.48. The van der Waals surface area contributed by atoms with Crippen LogP contribution in [0.2, 0.25) is 0 Å². The maximum absolute atomic E-state index is 13.0. The minimum absolute atomic E-state index is 0.0129. The molecule has 0 atom stereocenters. The fourth-order valence-corrected chi connectivity index (χ4v) is 3.98. The van der Waals surface area contributed by atoms with Crippen LogP contribution >= 0.6 is 0 Å². The summed E-state index contributed by atoms with van der Waals surface area (Å²) in [6.45, 7) is 6.66. The molecule has 39 heavy (non-hydrogen) atoms. The summed E-state index contributed by atoms with van der Waals surface area (Å²) in [6, 6.07) is 15.4. The van der Waals surface area contributed by atoms with Crippen molar-refractivity contribution in [3.05, 3.63) is 71.3 Å². The number of esters is 2. The number of aryl methyl sites for hydroxylation is 1. The van der Waals surface area contributed by atoms with Crippen LogP contribution in [0.15, 0.2) is 48.5 Å². The molecule has 204 valence electrons. The van der Waals surface area contributed by atoms with Gasteiger partial charge in [0.2, 0.25) is 0 Å². The standard InChI is InChI=1S/C28H32N6O5/c1-5-8-23-29-24(22(15-35)34(23)17-39-27(37)28(2,3)4)26(36)38-16-18-11-13-19(14-12-18)20-9-6-7-10-21(20)25-30-32-33-31-25/h6-7,9-14,35H,5,8,15-17H2,1-4H3,(H,30,31,32,33). The Morgan fingerprint density at radius 2 is 1.74 bits per heavy atom. The summed E-state index contributed by atoms with van der Waals surface area (Å²) in [5.74, 6) is 0.0540. The molecule has 4 rings (SSSR count). The van der Waals surface area contributed by atoms with Crippen molar-refractivity contribution in [3.63, 3.8) is 0 Å². The number of imidazole rings is 1. The first-order valence-electron chi connectivity index (χ1n) is 12.7. The number of aliphatic hydroxyl groups is 1. The van der Waals surface area contributed by atoms with E-state index in [9.17, 15) is 14.7 Å². The molecule has 0 bridgehead atoms. The first-order valence-corrected chi connectivity index (χ1v) is 12.7. The van der Waals surface area contributed by atoms with Gasteiger partial charge in [0.25, 0.3) is 0 Å². The van der Waals surface area contributed by atoms with Crippen LogP contribution in [-0.4, -0.2) is 47.2 Å². The molecular formula is C28H32N6O5. The van der Waals surface area contributed by atoms with Crippen molar-refractivity contribution in [1.29, 1.82) is 0 Å². The molecule has 0 saturated heterocycles. The maximum atomic E-state index is 13.0. The quantitative estimate of drug-likeness (QED) is 0.289. The van der Waals surface area contributed by atoms with Gasteiger partial charge in [-0.25, -0.2) is 14.9 Å². The number of aromatic nitrogens is 6. The molecule has 4 aromatic rings. The number of tetrazole rings is 1. The minimum Gasteiger partial charge on any atom is -0.456 e. The number of carbonyl (C=O) groups excluding carboxylic acids is 2. The van der Waals surface area contributed by atoms with E-state index in [1.807, 2.05) is 55.5 Å². The SMILES string of the molecule is CCCc1nc(C(=O)OCc2ccc(-c3ccccc3-c3nnn[nH]3)cc2)c(CO)n1COC(=O)C(C)(C)C. The Morgan fingerprint density at radius 3 is 2.36 bits per heavy atom. The van der Waals surface area contributed by atoms with Gasteiger partial charge in [-0.1, -0.05) is 55.5 Å². The lowest BCUT2D eigenvalue weighted by Crippen LogP contribution is -2.25. The fraction of sp³-hybridized carbons (Fsp3) is 0.357. The number of ether oxygens (including phenoxy) is 2.